The van der Waals surface area contributed by atoms with Crippen LogP contribution in [0.2, 0.25) is 0 Å². The van der Waals surface area contributed by atoms with Crippen LogP contribution in [-0.2, 0) is 0 Å². The van der Waals surface area contributed by atoms with Gasteiger partial charge in [-0.25, -0.2) is 4.39 Å². The lowest BCUT2D eigenvalue weighted by molar-refractivity contribution is 0.102. The lowest BCUT2D eigenvalue weighted by Crippen LogP contribution is -2.48. The second-order valence-electron chi connectivity index (χ2n) is 7.10. The fourth-order valence-electron chi connectivity index (χ4n) is 3.25. The Morgan fingerprint density at radius 3 is 2.31 bits per heavy atom. The molecule has 138 valence electrons. The van der Waals surface area contributed by atoms with Crippen molar-refractivity contribution >= 4 is 17.3 Å². The SMILES string of the molecule is Cc1ccc(F)c(NC(=O)c2ccc(N3CCN(C(C)C)CC3)cc2)c1. The maximum absolute atomic E-state index is 13.8. The van der Waals surface area contributed by atoms with Crippen LogP contribution in [0.5, 0.6) is 0 Å². The molecule has 1 fully saturated rings. The number of carbonyl (C=O) groups is 1. The molecule has 0 aliphatic carbocycles. The standard InChI is InChI=1S/C21H26FN3O/c1-15(2)24-10-12-25(13-11-24)18-7-5-17(6-8-18)21(26)23-20-14-16(3)4-9-19(20)22/h4-9,14-15H,10-13H2,1-3H3,(H,23,26). The summed E-state index contributed by atoms with van der Waals surface area (Å²) in [5.74, 6) is -0.728. The highest BCUT2D eigenvalue weighted by Gasteiger charge is 2.19. The van der Waals surface area contributed by atoms with E-state index in [9.17, 15) is 9.18 Å². The third-order valence-corrected chi connectivity index (χ3v) is 4.91. The number of hydrogen-bond donors (Lipinski definition) is 1. The molecule has 0 unspecified atom stereocenters. The predicted octanol–water partition coefficient (Wildman–Crippen LogP) is 3.92. The van der Waals surface area contributed by atoms with Crippen LogP contribution in [0.15, 0.2) is 42.5 Å². The molecule has 0 radical (unpaired) electrons. The molecule has 0 aromatic heterocycles. The number of amides is 1. The zero-order chi connectivity index (χ0) is 18.7. The van der Waals surface area contributed by atoms with Gasteiger partial charge in [-0.05, 0) is 62.7 Å². The average molecular weight is 355 g/mol. The minimum Gasteiger partial charge on any atom is -0.369 e. The minimum atomic E-state index is -0.427. The highest BCUT2D eigenvalue weighted by Crippen LogP contribution is 2.20. The summed E-state index contributed by atoms with van der Waals surface area (Å²) >= 11 is 0. The van der Waals surface area contributed by atoms with Gasteiger partial charge in [0.25, 0.3) is 5.91 Å². The topological polar surface area (TPSA) is 35.6 Å². The van der Waals surface area contributed by atoms with Crippen molar-refractivity contribution in [2.45, 2.75) is 26.8 Å². The predicted molar refractivity (Wildman–Crippen MR) is 104 cm³/mol. The molecule has 2 aromatic rings. The zero-order valence-electron chi connectivity index (χ0n) is 15.6. The molecule has 1 saturated heterocycles. The molecule has 0 bridgehead atoms. The van der Waals surface area contributed by atoms with Gasteiger partial charge in [0, 0.05) is 43.5 Å². The number of piperazine rings is 1. The number of nitrogens with one attached hydrogen (secondary N) is 1. The summed E-state index contributed by atoms with van der Waals surface area (Å²) in [6.45, 7) is 10.4. The van der Waals surface area contributed by atoms with E-state index in [-0.39, 0.29) is 11.6 Å². The summed E-state index contributed by atoms with van der Waals surface area (Å²) in [5.41, 5.74) is 2.75. The van der Waals surface area contributed by atoms with Crippen molar-refractivity contribution in [2.24, 2.45) is 0 Å². The van der Waals surface area contributed by atoms with Gasteiger partial charge in [0.05, 0.1) is 5.69 Å². The third kappa shape index (κ3) is 4.22. The van der Waals surface area contributed by atoms with Gasteiger partial charge in [-0.1, -0.05) is 6.07 Å². The molecule has 5 heteroatoms. The number of carbonyl (C=O) groups excluding carboxylic acids is 1. The quantitative estimate of drug-likeness (QED) is 0.903. The van der Waals surface area contributed by atoms with E-state index in [0.29, 0.717) is 11.6 Å². The second-order valence-corrected chi connectivity index (χ2v) is 7.10. The Hall–Kier alpha value is -2.40. The van der Waals surface area contributed by atoms with E-state index in [0.717, 1.165) is 37.4 Å². The summed E-state index contributed by atoms with van der Waals surface area (Å²) in [6.07, 6.45) is 0. The molecule has 3 rings (SSSR count). The molecule has 0 spiro atoms. The minimum absolute atomic E-state index is 0.212. The number of nitrogens with zero attached hydrogens (tertiary/aromatic N) is 2. The van der Waals surface area contributed by atoms with E-state index in [4.69, 9.17) is 0 Å². The first kappa shape index (κ1) is 18.4. The molecule has 1 aliphatic rings. The van der Waals surface area contributed by atoms with Crippen LogP contribution >= 0.6 is 0 Å². The number of benzene rings is 2. The van der Waals surface area contributed by atoms with Crippen molar-refractivity contribution < 1.29 is 9.18 Å². The highest BCUT2D eigenvalue weighted by atomic mass is 19.1. The number of aryl methyl sites for hydroxylation is 1. The number of anilines is 2. The van der Waals surface area contributed by atoms with Crippen LogP contribution in [-0.4, -0.2) is 43.0 Å². The van der Waals surface area contributed by atoms with Crippen molar-refractivity contribution in [3.8, 4) is 0 Å². The molecule has 1 aliphatic heterocycles. The molecule has 4 nitrogen and oxygen atoms in total. The molecule has 1 amide bonds. The van der Waals surface area contributed by atoms with Crippen molar-refractivity contribution in [1.29, 1.82) is 0 Å². The van der Waals surface area contributed by atoms with E-state index >= 15 is 0 Å². The summed E-state index contributed by atoms with van der Waals surface area (Å²) < 4.78 is 13.8. The van der Waals surface area contributed by atoms with Crippen LogP contribution in [0, 0.1) is 12.7 Å². The molecule has 2 aromatic carbocycles. The average Bonchev–Trinajstić information content (AvgIpc) is 2.65. The molecular formula is C21H26FN3O. The Labute approximate surface area is 154 Å². The Balaban J connectivity index is 1.64. The van der Waals surface area contributed by atoms with E-state index < -0.39 is 5.82 Å². The molecule has 26 heavy (non-hydrogen) atoms. The molecule has 1 N–H and O–H groups in total. The van der Waals surface area contributed by atoms with Gasteiger partial charge in [-0.2, -0.15) is 0 Å². The van der Waals surface area contributed by atoms with Gasteiger partial charge in [0.15, 0.2) is 0 Å². The smallest absolute Gasteiger partial charge is 0.255 e. The number of halogens is 1. The van der Waals surface area contributed by atoms with Crippen LogP contribution in [0.4, 0.5) is 15.8 Å². The Morgan fingerprint density at radius 1 is 1.04 bits per heavy atom. The van der Waals surface area contributed by atoms with Gasteiger partial charge >= 0.3 is 0 Å². The summed E-state index contributed by atoms with van der Waals surface area (Å²) in [7, 11) is 0. The fraction of sp³-hybridized carbons (Fsp3) is 0.381. The van der Waals surface area contributed by atoms with Gasteiger partial charge in [0.2, 0.25) is 0 Å². The van der Waals surface area contributed by atoms with Gasteiger partial charge < -0.3 is 10.2 Å². The van der Waals surface area contributed by atoms with Gasteiger partial charge in [-0.15, -0.1) is 0 Å². The summed E-state index contributed by atoms with van der Waals surface area (Å²) in [4.78, 5) is 17.2. The van der Waals surface area contributed by atoms with Gasteiger partial charge in [0.1, 0.15) is 5.82 Å². The van der Waals surface area contributed by atoms with Crippen LogP contribution < -0.4 is 10.2 Å². The Bertz CT molecular complexity index is 765. The monoisotopic (exact) mass is 355 g/mol. The largest absolute Gasteiger partial charge is 0.369 e. The Kier molecular flexibility index (Phi) is 5.57. The van der Waals surface area contributed by atoms with Crippen molar-refractivity contribution in [2.75, 3.05) is 36.4 Å². The van der Waals surface area contributed by atoms with Gasteiger partial charge in [-0.3, -0.25) is 9.69 Å². The van der Waals surface area contributed by atoms with Crippen molar-refractivity contribution in [1.82, 2.24) is 4.90 Å². The van der Waals surface area contributed by atoms with E-state index in [1.54, 1.807) is 24.3 Å². The van der Waals surface area contributed by atoms with Crippen LogP contribution in [0.3, 0.4) is 0 Å². The first-order chi connectivity index (χ1) is 12.4. The maximum Gasteiger partial charge on any atom is 0.255 e. The lowest BCUT2D eigenvalue weighted by atomic mass is 10.1. The van der Waals surface area contributed by atoms with E-state index in [1.807, 2.05) is 19.1 Å². The molecule has 0 saturated carbocycles. The van der Waals surface area contributed by atoms with Crippen LogP contribution in [0.25, 0.3) is 0 Å². The third-order valence-electron chi connectivity index (χ3n) is 4.91. The molecule has 0 atom stereocenters. The first-order valence-corrected chi connectivity index (χ1v) is 9.10. The Morgan fingerprint density at radius 2 is 1.69 bits per heavy atom. The highest BCUT2D eigenvalue weighted by molar-refractivity contribution is 6.04. The van der Waals surface area contributed by atoms with Crippen molar-refractivity contribution in [3.63, 3.8) is 0 Å². The van der Waals surface area contributed by atoms with Crippen LogP contribution in [0.1, 0.15) is 29.8 Å². The number of rotatable bonds is 4. The second kappa shape index (κ2) is 7.87. The normalized spacial score (nSPS) is 15.3. The zero-order valence-corrected chi connectivity index (χ0v) is 15.6. The van der Waals surface area contributed by atoms with E-state index in [2.05, 4.69) is 29.0 Å². The fourth-order valence-corrected chi connectivity index (χ4v) is 3.25. The van der Waals surface area contributed by atoms with Crippen molar-refractivity contribution in [3.05, 3.63) is 59.4 Å². The maximum atomic E-state index is 13.8. The molecular weight excluding hydrogens is 329 g/mol. The molecule has 1 heterocycles. The van der Waals surface area contributed by atoms with E-state index in [1.165, 1.54) is 6.07 Å². The summed E-state index contributed by atoms with van der Waals surface area (Å²) in [5, 5.41) is 2.65. The summed E-state index contributed by atoms with van der Waals surface area (Å²) in [6, 6.07) is 12.8. The first-order valence-electron chi connectivity index (χ1n) is 9.10. The number of hydrogen-bond acceptors (Lipinski definition) is 3. The lowest BCUT2D eigenvalue weighted by Gasteiger charge is -2.38.